The van der Waals surface area contributed by atoms with E-state index in [0.717, 1.165) is 49.0 Å². The van der Waals surface area contributed by atoms with E-state index in [9.17, 15) is 9.59 Å². The number of amides is 2. The van der Waals surface area contributed by atoms with Crippen LogP contribution in [0.25, 0.3) is 5.57 Å². The van der Waals surface area contributed by atoms with Gasteiger partial charge < -0.3 is 4.90 Å². The summed E-state index contributed by atoms with van der Waals surface area (Å²) in [5.74, 6) is -0.282. The molecule has 2 heterocycles. The largest absolute Gasteiger partial charge is 0.336 e. The molecular weight excluding hydrogens is 420 g/mol. The highest BCUT2D eigenvalue weighted by atomic mass is 16.2. The van der Waals surface area contributed by atoms with Crippen LogP contribution in [-0.4, -0.2) is 29.8 Å². The zero-order valence-corrected chi connectivity index (χ0v) is 20.8. The van der Waals surface area contributed by atoms with Crippen LogP contribution in [0.3, 0.4) is 0 Å². The predicted molar refractivity (Wildman–Crippen MR) is 140 cm³/mol. The smallest absolute Gasteiger partial charge is 0.278 e. The van der Waals surface area contributed by atoms with E-state index in [4.69, 9.17) is 0 Å². The van der Waals surface area contributed by atoms with E-state index < -0.39 is 0 Å². The fraction of sp³-hybridized carbons (Fsp3) is 0.467. The second-order valence-electron chi connectivity index (χ2n) is 9.71. The number of unbranched alkanes of at least 4 members (excludes halogenated alkanes) is 7. The molecule has 0 aliphatic carbocycles. The van der Waals surface area contributed by atoms with Crippen molar-refractivity contribution in [2.24, 2.45) is 0 Å². The molecule has 0 radical (unpaired) electrons. The van der Waals surface area contributed by atoms with Crippen molar-refractivity contribution < 1.29 is 9.59 Å². The van der Waals surface area contributed by atoms with E-state index in [1.165, 1.54) is 49.0 Å². The Labute approximate surface area is 204 Å². The highest BCUT2D eigenvalue weighted by Gasteiger charge is 2.42. The van der Waals surface area contributed by atoms with Crippen molar-refractivity contribution in [1.29, 1.82) is 0 Å². The lowest BCUT2D eigenvalue weighted by atomic mass is 9.98. The van der Waals surface area contributed by atoms with Crippen LogP contribution < -0.4 is 4.90 Å². The fourth-order valence-electron chi connectivity index (χ4n) is 5.17. The summed E-state index contributed by atoms with van der Waals surface area (Å²) in [5, 5.41) is 0. The maximum atomic E-state index is 13.7. The third-order valence-electron chi connectivity index (χ3n) is 7.10. The number of carbonyl (C=O) groups excluding carboxylic acids is 2. The van der Waals surface area contributed by atoms with Gasteiger partial charge in [0.25, 0.3) is 11.8 Å². The molecule has 0 saturated heterocycles. The Morgan fingerprint density at radius 3 is 2.21 bits per heavy atom. The topological polar surface area (TPSA) is 40.6 Å². The second kappa shape index (κ2) is 11.5. The summed E-state index contributed by atoms with van der Waals surface area (Å²) in [6, 6.07) is 16.3. The van der Waals surface area contributed by atoms with Gasteiger partial charge in [-0.2, -0.15) is 0 Å². The molecule has 4 heteroatoms. The number of nitrogens with zero attached hydrogens (tertiary/aromatic N) is 2. The van der Waals surface area contributed by atoms with E-state index in [1.54, 1.807) is 0 Å². The molecule has 2 aliphatic rings. The van der Waals surface area contributed by atoms with Gasteiger partial charge in [-0.15, -0.1) is 0 Å². The van der Waals surface area contributed by atoms with Gasteiger partial charge in [0.2, 0.25) is 0 Å². The van der Waals surface area contributed by atoms with Gasteiger partial charge in [0.05, 0.1) is 5.57 Å². The number of carbonyl (C=O) groups is 2. The Balaban J connectivity index is 1.54. The summed E-state index contributed by atoms with van der Waals surface area (Å²) in [6.45, 7) is 5.53. The molecule has 4 nitrogen and oxygen atoms in total. The van der Waals surface area contributed by atoms with Crippen LogP contribution in [0.15, 0.2) is 54.2 Å². The number of hydrogen-bond donors (Lipinski definition) is 0. The number of aryl methyl sites for hydroxylation is 2. The third-order valence-corrected chi connectivity index (χ3v) is 7.10. The van der Waals surface area contributed by atoms with Crippen molar-refractivity contribution >= 4 is 23.1 Å². The monoisotopic (exact) mass is 458 g/mol. The average Bonchev–Trinajstić information content (AvgIpc) is 3.10. The van der Waals surface area contributed by atoms with E-state index in [0.29, 0.717) is 17.8 Å². The van der Waals surface area contributed by atoms with E-state index in [1.807, 2.05) is 43.3 Å². The third kappa shape index (κ3) is 5.27. The lowest BCUT2D eigenvalue weighted by Gasteiger charge is -2.32. The first-order valence-corrected chi connectivity index (χ1v) is 13.1. The van der Waals surface area contributed by atoms with Crippen LogP contribution in [0, 0.1) is 6.92 Å². The van der Waals surface area contributed by atoms with Crippen LogP contribution in [0.2, 0.25) is 0 Å². The summed E-state index contributed by atoms with van der Waals surface area (Å²) < 4.78 is 0. The maximum absolute atomic E-state index is 13.7. The summed E-state index contributed by atoms with van der Waals surface area (Å²) >= 11 is 0. The zero-order chi connectivity index (χ0) is 23.9. The summed E-state index contributed by atoms with van der Waals surface area (Å²) in [5.41, 5.74) is 5.39. The number of fused-ring (bicyclic) bond motifs is 1. The number of para-hydroxylation sites is 1. The minimum Gasteiger partial charge on any atom is -0.336 e. The van der Waals surface area contributed by atoms with Gasteiger partial charge >= 0.3 is 0 Å². The Bertz CT molecular complexity index is 1040. The molecule has 0 atom stereocenters. The molecule has 180 valence electrons. The van der Waals surface area contributed by atoms with Gasteiger partial charge in [0.15, 0.2) is 0 Å². The minimum atomic E-state index is -0.144. The molecule has 0 fully saturated rings. The van der Waals surface area contributed by atoms with Crippen LogP contribution in [0.1, 0.15) is 81.4 Å². The number of anilines is 1. The molecule has 34 heavy (non-hydrogen) atoms. The number of rotatable bonds is 11. The first kappa shape index (κ1) is 24.3. The van der Waals surface area contributed by atoms with Gasteiger partial charge in [-0.25, -0.2) is 0 Å². The van der Waals surface area contributed by atoms with E-state index >= 15 is 0 Å². The molecule has 2 aromatic rings. The van der Waals surface area contributed by atoms with Crippen molar-refractivity contribution in [2.45, 2.75) is 78.1 Å². The lowest BCUT2D eigenvalue weighted by Crippen LogP contribution is -2.37. The molecule has 2 aromatic carbocycles. The quantitative estimate of drug-likeness (QED) is 0.279. The molecule has 2 aliphatic heterocycles. The van der Waals surface area contributed by atoms with Gasteiger partial charge in [0.1, 0.15) is 5.70 Å². The normalized spacial score (nSPS) is 15.9. The Kier molecular flexibility index (Phi) is 8.21. The van der Waals surface area contributed by atoms with Crippen molar-refractivity contribution in [3.8, 4) is 0 Å². The molecule has 0 aromatic heterocycles. The van der Waals surface area contributed by atoms with Crippen LogP contribution in [0.4, 0.5) is 5.69 Å². The zero-order valence-electron chi connectivity index (χ0n) is 20.8. The van der Waals surface area contributed by atoms with Gasteiger partial charge in [0, 0.05) is 18.8 Å². The highest BCUT2D eigenvalue weighted by molar-refractivity contribution is 6.36. The molecule has 0 spiro atoms. The Hall–Kier alpha value is -2.88. The first-order valence-electron chi connectivity index (χ1n) is 13.1. The molecule has 4 rings (SSSR count). The Morgan fingerprint density at radius 1 is 0.794 bits per heavy atom. The average molecular weight is 459 g/mol. The molecule has 0 unspecified atom stereocenters. The number of hydrogen-bond acceptors (Lipinski definition) is 3. The summed E-state index contributed by atoms with van der Waals surface area (Å²) in [4.78, 5) is 30.9. The van der Waals surface area contributed by atoms with Crippen LogP contribution >= 0.6 is 0 Å². The van der Waals surface area contributed by atoms with E-state index in [2.05, 4.69) is 24.0 Å². The number of imide groups is 1. The Morgan fingerprint density at radius 2 is 1.47 bits per heavy atom. The molecule has 2 amide bonds. The predicted octanol–water partition coefficient (Wildman–Crippen LogP) is 6.67. The van der Waals surface area contributed by atoms with Crippen molar-refractivity contribution in [1.82, 2.24) is 4.90 Å². The standard InChI is InChI=1S/C30H38N2O2/c1-3-4-5-6-7-8-9-12-21-32-29(33)27(25-19-17-23(2)18-20-25)28(30(32)34)31-22-13-15-24-14-10-11-16-26(24)31/h10-11,14,16-20H,3-9,12-13,15,21-22H2,1-2H3. The van der Waals surface area contributed by atoms with Crippen molar-refractivity contribution in [3.05, 3.63) is 70.9 Å². The second-order valence-corrected chi connectivity index (χ2v) is 9.71. The van der Waals surface area contributed by atoms with E-state index in [-0.39, 0.29) is 11.8 Å². The van der Waals surface area contributed by atoms with Crippen molar-refractivity contribution in [2.75, 3.05) is 18.0 Å². The van der Waals surface area contributed by atoms with Gasteiger partial charge in [-0.05, 0) is 43.4 Å². The number of benzene rings is 2. The minimum absolute atomic E-state index is 0.139. The first-order chi connectivity index (χ1) is 16.6. The fourth-order valence-corrected chi connectivity index (χ4v) is 5.17. The lowest BCUT2D eigenvalue weighted by molar-refractivity contribution is -0.137. The molecule has 0 saturated carbocycles. The van der Waals surface area contributed by atoms with Crippen LogP contribution in [-0.2, 0) is 16.0 Å². The summed E-state index contributed by atoms with van der Waals surface area (Å²) in [7, 11) is 0. The van der Waals surface area contributed by atoms with Crippen LogP contribution in [0.5, 0.6) is 0 Å². The van der Waals surface area contributed by atoms with Crippen molar-refractivity contribution in [3.63, 3.8) is 0 Å². The van der Waals surface area contributed by atoms with Gasteiger partial charge in [-0.3, -0.25) is 14.5 Å². The highest BCUT2D eigenvalue weighted by Crippen LogP contribution is 2.38. The molecule has 0 bridgehead atoms. The molecule has 0 N–H and O–H groups in total. The molecular formula is C30H38N2O2. The maximum Gasteiger partial charge on any atom is 0.278 e. The summed E-state index contributed by atoms with van der Waals surface area (Å²) in [6.07, 6.45) is 11.5. The van der Waals surface area contributed by atoms with Gasteiger partial charge in [-0.1, -0.05) is 99.9 Å². The SMILES string of the molecule is CCCCCCCCCCN1C(=O)C(c2ccc(C)cc2)=C(N2CCCc3ccccc32)C1=O.